The normalized spacial score (nSPS) is 26.0. The Bertz CT molecular complexity index is 990. The highest BCUT2D eigenvalue weighted by atomic mass is 16.2. The van der Waals surface area contributed by atoms with Gasteiger partial charge in [-0.05, 0) is 80.5 Å². The summed E-state index contributed by atoms with van der Waals surface area (Å²) in [5.74, 6) is 1.47. The van der Waals surface area contributed by atoms with Gasteiger partial charge >= 0.3 is 6.03 Å². The first-order valence-corrected chi connectivity index (χ1v) is 11.8. The number of nitrogens with one attached hydrogen (secondary N) is 2. The largest absolute Gasteiger partial charge is 0.371 e. The van der Waals surface area contributed by atoms with Crippen LogP contribution in [-0.2, 0) is 6.42 Å². The van der Waals surface area contributed by atoms with Gasteiger partial charge in [0.15, 0.2) is 5.78 Å². The molecule has 4 heterocycles. The van der Waals surface area contributed by atoms with Crippen LogP contribution in [0.1, 0.15) is 35.7 Å². The van der Waals surface area contributed by atoms with Gasteiger partial charge < -0.3 is 15.5 Å². The summed E-state index contributed by atoms with van der Waals surface area (Å²) in [7, 11) is 0. The van der Waals surface area contributed by atoms with Gasteiger partial charge in [0.1, 0.15) is 0 Å². The van der Waals surface area contributed by atoms with E-state index in [2.05, 4.69) is 44.7 Å². The van der Waals surface area contributed by atoms with Crippen LogP contribution in [0.15, 0.2) is 48.5 Å². The SMILES string of the molecule is CC(=O)c1ccc(NC(=O)NC[C@H]2C[C@H]3CCN2C[C@@H]3CN2CCc3ccccc32)cc1. The maximum Gasteiger partial charge on any atom is 0.319 e. The maximum atomic E-state index is 12.4. The molecule has 2 bridgehead atoms. The van der Waals surface area contributed by atoms with Crippen LogP contribution in [0, 0.1) is 11.8 Å². The lowest BCUT2D eigenvalue weighted by Gasteiger charge is -2.50. The molecule has 6 nitrogen and oxygen atoms in total. The van der Waals surface area contributed by atoms with Crippen molar-refractivity contribution in [3.63, 3.8) is 0 Å². The van der Waals surface area contributed by atoms with E-state index in [4.69, 9.17) is 0 Å². The minimum Gasteiger partial charge on any atom is -0.371 e. The lowest BCUT2D eigenvalue weighted by Crippen LogP contribution is -2.58. The van der Waals surface area contributed by atoms with Gasteiger partial charge in [-0.3, -0.25) is 9.69 Å². The number of para-hydroxylation sites is 1. The molecule has 168 valence electrons. The second-order valence-electron chi connectivity index (χ2n) is 9.49. The van der Waals surface area contributed by atoms with Gasteiger partial charge in [0, 0.05) is 49.2 Å². The van der Waals surface area contributed by atoms with E-state index in [1.54, 1.807) is 24.3 Å². The van der Waals surface area contributed by atoms with Gasteiger partial charge in [-0.15, -0.1) is 0 Å². The van der Waals surface area contributed by atoms with Crippen molar-refractivity contribution in [3.05, 3.63) is 59.7 Å². The number of benzene rings is 2. The molecule has 3 saturated heterocycles. The van der Waals surface area contributed by atoms with Crippen molar-refractivity contribution < 1.29 is 9.59 Å². The number of urea groups is 1. The predicted octanol–water partition coefficient (Wildman–Crippen LogP) is 3.78. The highest BCUT2D eigenvalue weighted by Gasteiger charge is 2.41. The number of carbonyl (C=O) groups is 2. The summed E-state index contributed by atoms with van der Waals surface area (Å²) in [4.78, 5) is 28.9. The number of carbonyl (C=O) groups excluding carboxylic acids is 2. The molecule has 6 rings (SSSR count). The molecule has 0 aromatic heterocycles. The molecule has 2 amide bonds. The number of Topliss-reactive ketones (excluding diaryl/α,β-unsaturated/α-hetero) is 1. The second-order valence-corrected chi connectivity index (χ2v) is 9.49. The number of piperidine rings is 3. The Morgan fingerprint density at radius 2 is 1.88 bits per heavy atom. The number of anilines is 2. The lowest BCUT2D eigenvalue weighted by atomic mass is 9.75. The minimum atomic E-state index is -0.187. The zero-order valence-electron chi connectivity index (χ0n) is 18.7. The highest BCUT2D eigenvalue weighted by molar-refractivity contribution is 5.95. The molecule has 0 saturated carbocycles. The summed E-state index contributed by atoms with van der Waals surface area (Å²) >= 11 is 0. The molecule has 1 unspecified atom stereocenters. The molecule has 4 atom stereocenters. The van der Waals surface area contributed by atoms with E-state index in [0.717, 1.165) is 44.9 Å². The van der Waals surface area contributed by atoms with Crippen LogP contribution in [0.25, 0.3) is 0 Å². The van der Waals surface area contributed by atoms with Crippen molar-refractivity contribution in [2.75, 3.05) is 42.9 Å². The van der Waals surface area contributed by atoms with Gasteiger partial charge in [-0.25, -0.2) is 4.79 Å². The van der Waals surface area contributed by atoms with Crippen LogP contribution in [-0.4, -0.2) is 55.5 Å². The fourth-order valence-corrected chi connectivity index (χ4v) is 5.72. The molecule has 0 spiro atoms. The number of ketones is 1. The fourth-order valence-electron chi connectivity index (χ4n) is 5.72. The van der Waals surface area contributed by atoms with Gasteiger partial charge in [0.05, 0.1) is 0 Å². The molecule has 32 heavy (non-hydrogen) atoms. The van der Waals surface area contributed by atoms with Crippen molar-refractivity contribution in [1.29, 1.82) is 0 Å². The Labute approximate surface area is 190 Å². The first-order chi connectivity index (χ1) is 15.6. The predicted molar refractivity (Wildman–Crippen MR) is 127 cm³/mol. The zero-order valence-corrected chi connectivity index (χ0v) is 18.7. The van der Waals surface area contributed by atoms with Crippen molar-refractivity contribution in [2.45, 2.75) is 32.2 Å². The van der Waals surface area contributed by atoms with Gasteiger partial charge in [-0.1, -0.05) is 18.2 Å². The number of rotatable bonds is 6. The summed E-state index contributed by atoms with van der Waals surface area (Å²) < 4.78 is 0. The molecule has 0 aliphatic carbocycles. The molecule has 2 N–H and O–H groups in total. The Balaban J connectivity index is 1.11. The number of hydrogen-bond acceptors (Lipinski definition) is 4. The Morgan fingerprint density at radius 3 is 2.62 bits per heavy atom. The van der Waals surface area contributed by atoms with E-state index >= 15 is 0 Å². The smallest absolute Gasteiger partial charge is 0.319 e. The molecule has 4 aliphatic rings. The highest BCUT2D eigenvalue weighted by Crippen LogP contribution is 2.38. The first kappa shape index (κ1) is 21.0. The van der Waals surface area contributed by atoms with E-state index < -0.39 is 0 Å². The van der Waals surface area contributed by atoms with Crippen molar-refractivity contribution in [2.24, 2.45) is 11.8 Å². The maximum absolute atomic E-state index is 12.4. The Morgan fingerprint density at radius 1 is 1.06 bits per heavy atom. The monoisotopic (exact) mass is 432 g/mol. The van der Waals surface area contributed by atoms with E-state index in [1.165, 1.54) is 24.6 Å². The van der Waals surface area contributed by atoms with Crippen LogP contribution >= 0.6 is 0 Å². The van der Waals surface area contributed by atoms with Crippen molar-refractivity contribution >= 4 is 23.2 Å². The van der Waals surface area contributed by atoms with Crippen LogP contribution in [0.4, 0.5) is 16.2 Å². The molecule has 3 fully saturated rings. The number of hydrogen-bond donors (Lipinski definition) is 2. The zero-order chi connectivity index (χ0) is 22.1. The molecule has 2 aromatic carbocycles. The second kappa shape index (κ2) is 8.94. The van der Waals surface area contributed by atoms with E-state index in [1.807, 2.05) is 0 Å². The van der Waals surface area contributed by atoms with E-state index in [9.17, 15) is 9.59 Å². The minimum absolute atomic E-state index is 0.0228. The van der Waals surface area contributed by atoms with E-state index in [-0.39, 0.29) is 11.8 Å². The summed E-state index contributed by atoms with van der Waals surface area (Å²) in [6, 6.07) is 16.1. The lowest BCUT2D eigenvalue weighted by molar-refractivity contribution is 0.00590. The average Bonchev–Trinajstić information content (AvgIpc) is 3.21. The van der Waals surface area contributed by atoms with Crippen LogP contribution < -0.4 is 15.5 Å². The molecule has 0 radical (unpaired) electrons. The topological polar surface area (TPSA) is 64.7 Å². The fraction of sp³-hybridized carbons (Fsp3) is 0.462. The molecular weight excluding hydrogens is 400 g/mol. The molecular formula is C26H32N4O2. The number of nitrogens with zero attached hydrogens (tertiary/aromatic N) is 2. The third kappa shape index (κ3) is 4.37. The third-order valence-electron chi connectivity index (χ3n) is 7.50. The van der Waals surface area contributed by atoms with Gasteiger partial charge in [-0.2, -0.15) is 0 Å². The van der Waals surface area contributed by atoms with Crippen molar-refractivity contribution in [3.8, 4) is 0 Å². The van der Waals surface area contributed by atoms with Gasteiger partial charge in [0.2, 0.25) is 0 Å². The van der Waals surface area contributed by atoms with Crippen LogP contribution in [0.5, 0.6) is 0 Å². The third-order valence-corrected chi connectivity index (χ3v) is 7.50. The van der Waals surface area contributed by atoms with Crippen LogP contribution in [0.2, 0.25) is 0 Å². The van der Waals surface area contributed by atoms with Crippen LogP contribution in [0.3, 0.4) is 0 Å². The van der Waals surface area contributed by atoms with Gasteiger partial charge in [0.25, 0.3) is 0 Å². The summed E-state index contributed by atoms with van der Waals surface area (Å²) in [5, 5.41) is 5.93. The number of amides is 2. The number of fused-ring (bicyclic) bond motifs is 4. The Hall–Kier alpha value is -2.86. The Kier molecular flexibility index (Phi) is 5.87. The standard InChI is InChI=1S/C26H32N4O2/c1-18(31)19-6-8-23(9-7-19)28-26(32)27-15-24-14-21-11-12-29(24)16-22(21)17-30-13-10-20-4-2-3-5-25(20)30/h2-9,21-22,24H,10-17H2,1H3,(H2,27,28,32)/t21-,22-,24-/m1/s1. The van der Waals surface area contributed by atoms with Crippen molar-refractivity contribution in [1.82, 2.24) is 10.2 Å². The summed E-state index contributed by atoms with van der Waals surface area (Å²) in [5.41, 5.74) is 4.26. The molecule has 2 aromatic rings. The van der Waals surface area contributed by atoms with E-state index in [0.29, 0.717) is 29.8 Å². The quantitative estimate of drug-likeness (QED) is 0.682. The first-order valence-electron chi connectivity index (χ1n) is 11.8. The summed E-state index contributed by atoms with van der Waals surface area (Å²) in [6.45, 7) is 6.77. The molecule has 6 heteroatoms. The molecule has 4 aliphatic heterocycles. The summed E-state index contributed by atoms with van der Waals surface area (Å²) in [6.07, 6.45) is 3.59. The average molecular weight is 433 g/mol.